The molecule has 78 valence electrons. The first kappa shape index (κ1) is 11.1. The summed E-state index contributed by atoms with van der Waals surface area (Å²) in [6, 6.07) is 9.34. The number of aliphatic hydroxyl groups excluding tert-OH is 1. The summed E-state index contributed by atoms with van der Waals surface area (Å²) in [4.78, 5) is 0. The van der Waals surface area contributed by atoms with Crippen molar-refractivity contribution in [2.75, 3.05) is 0 Å². The molecule has 0 saturated carbocycles. The Balaban J connectivity index is 2.59. The molecule has 0 aliphatic carbocycles. The smallest absolute Gasteiger partial charge is 0.121 e. The van der Waals surface area contributed by atoms with Crippen molar-refractivity contribution in [3.8, 4) is 0 Å². The van der Waals surface area contributed by atoms with Crippen LogP contribution < -0.4 is 11.5 Å². The van der Waals surface area contributed by atoms with E-state index in [0.29, 0.717) is 0 Å². The molecule has 4 heteroatoms. The lowest BCUT2D eigenvalue weighted by molar-refractivity contribution is -0.00370. The summed E-state index contributed by atoms with van der Waals surface area (Å²) in [5, 5.41) is 18.6. The molecule has 14 heavy (non-hydrogen) atoms. The van der Waals surface area contributed by atoms with Crippen LogP contribution >= 0.6 is 0 Å². The molecule has 0 amide bonds. The number of nitrogens with two attached hydrogens (primary N) is 2. The third-order valence-electron chi connectivity index (χ3n) is 1.92. The minimum absolute atomic E-state index is 0.0398. The van der Waals surface area contributed by atoms with Crippen LogP contribution in [0.3, 0.4) is 0 Å². The fraction of sp³-hybridized carbons (Fsp3) is 0.400. The van der Waals surface area contributed by atoms with Crippen molar-refractivity contribution < 1.29 is 10.2 Å². The molecular weight excluding hydrogens is 180 g/mol. The first-order valence-corrected chi connectivity index (χ1v) is 4.48. The molecule has 0 aromatic heterocycles. The first-order chi connectivity index (χ1) is 6.49. The van der Waals surface area contributed by atoms with Crippen LogP contribution in [0.2, 0.25) is 0 Å². The van der Waals surface area contributed by atoms with Crippen LogP contribution in [0.5, 0.6) is 0 Å². The molecule has 0 fully saturated rings. The Kier molecular flexibility index (Phi) is 3.60. The highest BCUT2D eigenvalue weighted by Gasteiger charge is 2.23. The van der Waals surface area contributed by atoms with Gasteiger partial charge in [-0.1, -0.05) is 30.3 Å². The molecule has 1 aromatic rings. The van der Waals surface area contributed by atoms with Gasteiger partial charge >= 0.3 is 0 Å². The second kappa shape index (κ2) is 4.52. The molecule has 1 rings (SSSR count). The van der Waals surface area contributed by atoms with E-state index in [2.05, 4.69) is 0 Å². The van der Waals surface area contributed by atoms with Gasteiger partial charge in [0.1, 0.15) is 12.0 Å². The number of hydrogen-bond acceptors (Lipinski definition) is 4. The topological polar surface area (TPSA) is 92.5 Å². The summed E-state index contributed by atoms with van der Waals surface area (Å²) in [5.41, 5.74) is 10.2. The number of aliphatic hydroxyl groups is 2. The van der Waals surface area contributed by atoms with Crippen LogP contribution in [-0.2, 0) is 6.42 Å². The van der Waals surface area contributed by atoms with Crippen LogP contribution in [-0.4, -0.2) is 22.2 Å². The maximum Gasteiger partial charge on any atom is 0.121 e. The normalized spacial score (nSPS) is 17.4. The van der Waals surface area contributed by atoms with Gasteiger partial charge in [0, 0.05) is 12.8 Å². The van der Waals surface area contributed by atoms with Gasteiger partial charge in [0.15, 0.2) is 0 Å². The van der Waals surface area contributed by atoms with Crippen molar-refractivity contribution in [1.29, 1.82) is 0 Å². The Morgan fingerprint density at radius 3 is 2.36 bits per heavy atom. The van der Waals surface area contributed by atoms with Crippen LogP contribution in [0.15, 0.2) is 30.3 Å². The molecule has 0 aliphatic heterocycles. The van der Waals surface area contributed by atoms with Crippen molar-refractivity contribution in [1.82, 2.24) is 0 Å². The second-order valence-electron chi connectivity index (χ2n) is 3.54. The average Bonchev–Trinajstić information content (AvgIpc) is 2.02. The minimum atomic E-state index is -1.45. The van der Waals surface area contributed by atoms with E-state index in [4.69, 9.17) is 16.6 Å². The second-order valence-corrected chi connectivity index (χ2v) is 3.54. The zero-order valence-corrected chi connectivity index (χ0v) is 7.93. The standard InChI is InChI=1S/C10H16N2O2/c11-9(13)7-10(12,14)6-8-4-2-1-3-5-8/h1-5,9,13-14H,6-7,11-12H2. The van der Waals surface area contributed by atoms with Gasteiger partial charge in [0.05, 0.1) is 0 Å². The minimum Gasteiger partial charge on any atom is -0.379 e. The third kappa shape index (κ3) is 3.85. The van der Waals surface area contributed by atoms with Crippen molar-refractivity contribution in [2.24, 2.45) is 11.5 Å². The Bertz CT molecular complexity index is 273. The molecule has 0 spiro atoms. The van der Waals surface area contributed by atoms with Gasteiger partial charge in [-0.15, -0.1) is 0 Å². The SMILES string of the molecule is NC(O)CC(N)(O)Cc1ccccc1. The maximum absolute atomic E-state index is 9.68. The zero-order chi connectivity index (χ0) is 10.6. The fourth-order valence-corrected chi connectivity index (χ4v) is 1.38. The Morgan fingerprint density at radius 2 is 1.86 bits per heavy atom. The lowest BCUT2D eigenvalue weighted by Crippen LogP contribution is -2.46. The van der Waals surface area contributed by atoms with E-state index in [1.165, 1.54) is 0 Å². The Hall–Kier alpha value is -0.940. The molecule has 4 nitrogen and oxygen atoms in total. The number of hydrogen-bond donors (Lipinski definition) is 4. The molecule has 0 radical (unpaired) electrons. The predicted molar refractivity (Wildman–Crippen MR) is 54.1 cm³/mol. The highest BCUT2D eigenvalue weighted by Crippen LogP contribution is 2.12. The Labute approximate surface area is 83.2 Å². The van der Waals surface area contributed by atoms with Gasteiger partial charge in [-0.25, -0.2) is 0 Å². The molecule has 1 aromatic carbocycles. The monoisotopic (exact) mass is 196 g/mol. The fourth-order valence-electron chi connectivity index (χ4n) is 1.38. The molecule has 2 unspecified atom stereocenters. The lowest BCUT2D eigenvalue weighted by Gasteiger charge is -2.24. The van der Waals surface area contributed by atoms with Crippen LogP contribution in [0.25, 0.3) is 0 Å². The molecular formula is C10H16N2O2. The quantitative estimate of drug-likeness (QED) is 0.490. The molecule has 6 N–H and O–H groups in total. The molecule has 0 heterocycles. The van der Waals surface area contributed by atoms with E-state index in [9.17, 15) is 5.11 Å². The number of benzene rings is 1. The van der Waals surface area contributed by atoms with Crippen LogP contribution in [0.1, 0.15) is 12.0 Å². The maximum atomic E-state index is 9.68. The summed E-state index contributed by atoms with van der Waals surface area (Å²) < 4.78 is 0. The van der Waals surface area contributed by atoms with Gasteiger partial charge in [-0.3, -0.25) is 0 Å². The van der Waals surface area contributed by atoms with Gasteiger partial charge in [0.25, 0.3) is 0 Å². The molecule has 2 atom stereocenters. The van der Waals surface area contributed by atoms with Crippen molar-refractivity contribution in [2.45, 2.75) is 24.8 Å². The van der Waals surface area contributed by atoms with Crippen LogP contribution in [0, 0.1) is 0 Å². The molecule has 0 aliphatic rings. The van der Waals surface area contributed by atoms with E-state index in [0.717, 1.165) is 5.56 Å². The van der Waals surface area contributed by atoms with E-state index in [1.54, 1.807) is 0 Å². The van der Waals surface area contributed by atoms with Gasteiger partial charge < -0.3 is 21.7 Å². The van der Waals surface area contributed by atoms with Gasteiger partial charge in [0.2, 0.25) is 0 Å². The summed E-state index contributed by atoms with van der Waals surface area (Å²) >= 11 is 0. The largest absolute Gasteiger partial charge is 0.379 e. The van der Waals surface area contributed by atoms with Gasteiger partial charge in [-0.2, -0.15) is 0 Å². The third-order valence-corrected chi connectivity index (χ3v) is 1.92. The molecule has 0 bridgehead atoms. The highest BCUT2D eigenvalue weighted by atomic mass is 16.3. The van der Waals surface area contributed by atoms with Gasteiger partial charge in [-0.05, 0) is 5.56 Å². The lowest BCUT2D eigenvalue weighted by atomic mass is 10.00. The molecule has 0 saturated heterocycles. The summed E-state index contributed by atoms with van der Waals surface area (Å²) in [6.07, 6.45) is -0.849. The highest BCUT2D eigenvalue weighted by molar-refractivity contribution is 5.16. The summed E-state index contributed by atoms with van der Waals surface area (Å²) in [5.74, 6) is 0. The van der Waals surface area contributed by atoms with E-state index in [-0.39, 0.29) is 12.8 Å². The van der Waals surface area contributed by atoms with E-state index >= 15 is 0 Å². The summed E-state index contributed by atoms with van der Waals surface area (Å²) in [7, 11) is 0. The predicted octanol–water partition coefficient (Wildman–Crippen LogP) is -0.456. The van der Waals surface area contributed by atoms with Crippen molar-refractivity contribution in [3.63, 3.8) is 0 Å². The summed E-state index contributed by atoms with van der Waals surface area (Å²) in [6.45, 7) is 0. The van der Waals surface area contributed by atoms with Crippen molar-refractivity contribution >= 4 is 0 Å². The first-order valence-electron chi connectivity index (χ1n) is 4.48. The van der Waals surface area contributed by atoms with Crippen LogP contribution in [0.4, 0.5) is 0 Å². The van der Waals surface area contributed by atoms with Crippen molar-refractivity contribution in [3.05, 3.63) is 35.9 Å². The zero-order valence-electron chi connectivity index (χ0n) is 7.93. The van der Waals surface area contributed by atoms with E-state index < -0.39 is 12.0 Å². The average molecular weight is 196 g/mol. The Morgan fingerprint density at radius 1 is 1.29 bits per heavy atom. The number of rotatable bonds is 4. The van der Waals surface area contributed by atoms with E-state index in [1.807, 2.05) is 30.3 Å².